The van der Waals surface area contributed by atoms with Gasteiger partial charge in [-0.2, -0.15) is 0 Å². The Hall–Kier alpha value is -3.18. The van der Waals surface area contributed by atoms with E-state index in [1.165, 1.54) is 0 Å². The van der Waals surface area contributed by atoms with Crippen molar-refractivity contribution in [2.24, 2.45) is 0 Å². The van der Waals surface area contributed by atoms with Gasteiger partial charge in [0.05, 0.1) is 12.2 Å². The first-order chi connectivity index (χ1) is 14.5. The summed E-state index contributed by atoms with van der Waals surface area (Å²) in [6.45, 7) is 5.10. The van der Waals surface area contributed by atoms with Gasteiger partial charge in [0.1, 0.15) is 6.61 Å². The Morgan fingerprint density at radius 1 is 1.03 bits per heavy atom. The van der Waals surface area contributed by atoms with Gasteiger partial charge in [0.15, 0.2) is 11.5 Å². The topological polar surface area (TPSA) is 67.8 Å². The van der Waals surface area contributed by atoms with Gasteiger partial charge in [0.25, 0.3) is 0 Å². The van der Waals surface area contributed by atoms with Crippen LogP contribution in [0.1, 0.15) is 34.0 Å². The van der Waals surface area contributed by atoms with Gasteiger partial charge in [-0.15, -0.1) is 0 Å². The van der Waals surface area contributed by atoms with E-state index in [4.69, 9.17) is 21.1 Å². The van der Waals surface area contributed by atoms with E-state index in [1.807, 2.05) is 55.5 Å². The molecule has 0 radical (unpaired) electrons. The number of rotatable bonds is 9. The molecule has 0 bridgehead atoms. The first-order valence-corrected chi connectivity index (χ1v) is 10.1. The number of benzene rings is 3. The Balaban J connectivity index is 1.73. The van der Waals surface area contributed by atoms with Crippen molar-refractivity contribution < 1.29 is 19.4 Å². The van der Waals surface area contributed by atoms with Crippen LogP contribution in [0.15, 0.2) is 60.7 Å². The zero-order valence-corrected chi connectivity index (χ0v) is 17.7. The lowest BCUT2D eigenvalue weighted by Gasteiger charge is -2.15. The Morgan fingerprint density at radius 2 is 1.83 bits per heavy atom. The number of nitrogens with one attached hydrogen (secondary N) is 1. The average molecular weight is 426 g/mol. The van der Waals surface area contributed by atoms with Crippen LogP contribution in [0.5, 0.6) is 11.5 Å². The SMILES string of the molecule is CCOc1cc(CNc2cccc(C(=O)O)c2C)ccc1OCc1ccccc1Cl. The van der Waals surface area contributed by atoms with Crippen LogP contribution in [-0.2, 0) is 13.2 Å². The molecule has 3 aromatic rings. The molecule has 0 heterocycles. The highest BCUT2D eigenvalue weighted by molar-refractivity contribution is 6.31. The number of carboxylic acid groups (broad SMARTS) is 1. The molecular formula is C24H24ClNO4. The quantitative estimate of drug-likeness (QED) is 0.444. The Kier molecular flexibility index (Phi) is 7.20. The molecular weight excluding hydrogens is 402 g/mol. The molecule has 0 saturated carbocycles. The summed E-state index contributed by atoms with van der Waals surface area (Å²) < 4.78 is 11.7. The fourth-order valence-corrected chi connectivity index (χ4v) is 3.27. The second kappa shape index (κ2) is 10.0. The number of carboxylic acids is 1. The molecule has 0 amide bonds. The predicted octanol–water partition coefficient (Wildman–Crippen LogP) is 5.94. The van der Waals surface area contributed by atoms with Crippen molar-refractivity contribution in [2.75, 3.05) is 11.9 Å². The monoisotopic (exact) mass is 425 g/mol. The molecule has 5 nitrogen and oxygen atoms in total. The molecule has 0 saturated heterocycles. The van der Waals surface area contributed by atoms with Crippen LogP contribution < -0.4 is 14.8 Å². The van der Waals surface area contributed by atoms with Gasteiger partial charge in [0.2, 0.25) is 0 Å². The molecule has 30 heavy (non-hydrogen) atoms. The first kappa shape index (κ1) is 21.5. The molecule has 0 aromatic heterocycles. The summed E-state index contributed by atoms with van der Waals surface area (Å²) in [5.74, 6) is 0.360. The number of carbonyl (C=O) groups is 1. The van der Waals surface area contributed by atoms with Crippen molar-refractivity contribution in [3.8, 4) is 11.5 Å². The van der Waals surface area contributed by atoms with Crippen LogP contribution in [0.2, 0.25) is 5.02 Å². The molecule has 0 aliphatic heterocycles. The second-order valence-corrected chi connectivity index (χ2v) is 7.14. The van der Waals surface area contributed by atoms with Gasteiger partial charge in [-0.05, 0) is 55.3 Å². The molecule has 0 atom stereocenters. The van der Waals surface area contributed by atoms with Gasteiger partial charge in [-0.1, -0.05) is 41.9 Å². The summed E-state index contributed by atoms with van der Waals surface area (Å²) in [4.78, 5) is 11.3. The van der Waals surface area contributed by atoms with E-state index in [1.54, 1.807) is 19.1 Å². The molecule has 156 valence electrons. The van der Waals surface area contributed by atoms with Gasteiger partial charge in [-0.25, -0.2) is 4.79 Å². The highest BCUT2D eigenvalue weighted by Crippen LogP contribution is 2.30. The van der Waals surface area contributed by atoms with Gasteiger partial charge >= 0.3 is 5.97 Å². The normalized spacial score (nSPS) is 10.5. The van der Waals surface area contributed by atoms with E-state index in [-0.39, 0.29) is 0 Å². The van der Waals surface area contributed by atoms with Crippen LogP contribution in [0.25, 0.3) is 0 Å². The molecule has 6 heteroatoms. The van der Waals surface area contributed by atoms with Crippen LogP contribution in [0.3, 0.4) is 0 Å². The Morgan fingerprint density at radius 3 is 2.57 bits per heavy atom. The predicted molar refractivity (Wildman–Crippen MR) is 119 cm³/mol. The van der Waals surface area contributed by atoms with E-state index in [0.717, 1.165) is 16.8 Å². The van der Waals surface area contributed by atoms with Crippen LogP contribution >= 0.6 is 11.6 Å². The van der Waals surface area contributed by atoms with E-state index < -0.39 is 5.97 Å². The van der Waals surface area contributed by atoms with Gasteiger partial charge < -0.3 is 19.9 Å². The third-order valence-corrected chi connectivity index (χ3v) is 5.06. The molecule has 3 aromatic carbocycles. The number of hydrogen-bond acceptors (Lipinski definition) is 4. The maximum absolute atomic E-state index is 11.3. The van der Waals surface area contributed by atoms with Crippen molar-refractivity contribution in [3.63, 3.8) is 0 Å². The Bertz CT molecular complexity index is 1040. The highest BCUT2D eigenvalue weighted by atomic mass is 35.5. The van der Waals surface area contributed by atoms with Crippen LogP contribution in [0, 0.1) is 6.92 Å². The average Bonchev–Trinajstić information content (AvgIpc) is 2.73. The van der Waals surface area contributed by atoms with E-state index in [9.17, 15) is 9.90 Å². The van der Waals surface area contributed by atoms with Gasteiger partial charge in [-0.3, -0.25) is 0 Å². The molecule has 0 unspecified atom stereocenters. The van der Waals surface area contributed by atoms with E-state index >= 15 is 0 Å². The largest absolute Gasteiger partial charge is 0.490 e. The van der Waals surface area contributed by atoms with Crippen LogP contribution in [0.4, 0.5) is 5.69 Å². The molecule has 0 aliphatic rings. The molecule has 3 rings (SSSR count). The maximum Gasteiger partial charge on any atom is 0.336 e. The molecule has 0 aliphatic carbocycles. The summed E-state index contributed by atoms with van der Waals surface area (Å²) in [6, 6.07) is 18.5. The van der Waals surface area contributed by atoms with Crippen molar-refractivity contribution in [1.29, 1.82) is 0 Å². The standard InChI is InChI=1S/C24H24ClNO4/c1-3-29-23-13-17(14-26-21-10-6-8-19(16(21)2)24(27)28)11-12-22(23)30-15-18-7-4-5-9-20(18)25/h4-13,26H,3,14-15H2,1-2H3,(H,27,28). The fraction of sp³-hybridized carbons (Fsp3) is 0.208. The maximum atomic E-state index is 11.3. The van der Waals surface area contributed by atoms with Crippen molar-refractivity contribution in [3.05, 3.63) is 87.9 Å². The molecule has 0 spiro atoms. The summed E-state index contributed by atoms with van der Waals surface area (Å²) in [5.41, 5.74) is 3.67. The number of halogens is 1. The van der Waals surface area contributed by atoms with E-state index in [2.05, 4.69) is 5.32 Å². The zero-order chi connectivity index (χ0) is 21.5. The number of aromatic carboxylic acids is 1. The van der Waals surface area contributed by atoms with Gasteiger partial charge in [0, 0.05) is 22.8 Å². The minimum atomic E-state index is -0.935. The molecule has 0 fully saturated rings. The smallest absolute Gasteiger partial charge is 0.336 e. The lowest BCUT2D eigenvalue weighted by molar-refractivity contribution is 0.0696. The first-order valence-electron chi connectivity index (χ1n) is 9.68. The number of ether oxygens (including phenoxy) is 2. The van der Waals surface area contributed by atoms with Crippen molar-refractivity contribution in [1.82, 2.24) is 0 Å². The Labute approximate surface area is 181 Å². The van der Waals surface area contributed by atoms with E-state index in [0.29, 0.717) is 47.4 Å². The minimum Gasteiger partial charge on any atom is -0.490 e. The fourth-order valence-electron chi connectivity index (χ4n) is 3.08. The minimum absolute atomic E-state index is 0.290. The molecule has 2 N–H and O–H groups in total. The number of anilines is 1. The van der Waals surface area contributed by atoms with Crippen LogP contribution in [-0.4, -0.2) is 17.7 Å². The zero-order valence-electron chi connectivity index (χ0n) is 16.9. The van der Waals surface area contributed by atoms with Crippen molar-refractivity contribution >= 4 is 23.3 Å². The van der Waals surface area contributed by atoms with Crippen molar-refractivity contribution in [2.45, 2.75) is 27.0 Å². The lowest BCUT2D eigenvalue weighted by atomic mass is 10.1. The number of hydrogen-bond donors (Lipinski definition) is 2. The lowest BCUT2D eigenvalue weighted by Crippen LogP contribution is -2.06. The second-order valence-electron chi connectivity index (χ2n) is 6.73. The summed E-state index contributed by atoms with van der Waals surface area (Å²) in [6.07, 6.45) is 0. The summed E-state index contributed by atoms with van der Waals surface area (Å²) in [5, 5.41) is 13.2. The third kappa shape index (κ3) is 5.24. The summed E-state index contributed by atoms with van der Waals surface area (Å²) in [7, 11) is 0. The highest BCUT2D eigenvalue weighted by Gasteiger charge is 2.11. The summed E-state index contributed by atoms with van der Waals surface area (Å²) >= 11 is 6.20. The third-order valence-electron chi connectivity index (χ3n) is 4.70.